The van der Waals surface area contributed by atoms with Gasteiger partial charge in [0.15, 0.2) is 11.8 Å². The van der Waals surface area contributed by atoms with Crippen LogP contribution in [0.2, 0.25) is 0 Å². The number of carbonyl (C=O) groups is 1. The molecule has 33 heavy (non-hydrogen) atoms. The number of aryl methyl sites for hydroxylation is 1. The quantitative estimate of drug-likeness (QED) is 0.398. The molecule has 3 aromatic rings. The Labute approximate surface area is 194 Å². The van der Waals surface area contributed by atoms with E-state index in [-0.39, 0.29) is 12.1 Å². The van der Waals surface area contributed by atoms with E-state index in [0.29, 0.717) is 5.92 Å². The Morgan fingerprint density at radius 1 is 0.818 bits per heavy atom. The third-order valence-electron chi connectivity index (χ3n) is 7.37. The monoisotopic (exact) mass is 438 g/mol. The Balaban J connectivity index is 1.29. The molecule has 1 fully saturated rings. The first-order valence-electron chi connectivity index (χ1n) is 12.0. The van der Waals surface area contributed by atoms with Crippen molar-refractivity contribution in [2.45, 2.75) is 37.7 Å². The molecule has 0 spiro atoms. The minimum atomic E-state index is -0.461. The Morgan fingerprint density at radius 3 is 2.09 bits per heavy atom. The standard InChI is InChI=1S/C29H28NO3/c31-29(27-22-10-4-6-12-25(22)32-26-13-7-5-11-23(26)27)33-28-21-16-18-30(19-17-21)24(28)15-14-20-8-2-1-3-9-20/h1-13,21,27-28H,14-19H2/q+1. The first-order valence-corrected chi connectivity index (χ1v) is 12.0. The zero-order valence-electron chi connectivity index (χ0n) is 18.7. The van der Waals surface area contributed by atoms with Gasteiger partial charge in [-0.25, -0.2) is 4.58 Å². The predicted octanol–water partition coefficient (Wildman–Crippen LogP) is 5.35. The molecule has 0 aromatic heterocycles. The topological polar surface area (TPSA) is 38.5 Å². The number of para-hydroxylation sites is 2. The van der Waals surface area contributed by atoms with Crippen molar-refractivity contribution in [1.29, 1.82) is 0 Å². The van der Waals surface area contributed by atoms with Gasteiger partial charge < -0.3 is 9.47 Å². The highest BCUT2D eigenvalue weighted by Crippen LogP contribution is 2.45. The maximum absolute atomic E-state index is 13.8. The van der Waals surface area contributed by atoms with Crippen molar-refractivity contribution in [3.05, 3.63) is 95.6 Å². The number of rotatable bonds is 5. The average Bonchev–Trinajstić information content (AvgIpc) is 2.87. The van der Waals surface area contributed by atoms with Crippen molar-refractivity contribution in [3.8, 4) is 11.5 Å². The number of hydrogen-bond donors (Lipinski definition) is 0. The second-order valence-electron chi connectivity index (χ2n) is 9.27. The maximum atomic E-state index is 13.8. The lowest BCUT2D eigenvalue weighted by Gasteiger charge is -2.36. The molecule has 0 amide bonds. The Kier molecular flexibility index (Phi) is 5.21. The molecule has 4 aliphatic heterocycles. The molecule has 0 N–H and O–H groups in total. The second-order valence-corrected chi connectivity index (χ2v) is 9.27. The summed E-state index contributed by atoms with van der Waals surface area (Å²) in [4.78, 5) is 13.8. The van der Waals surface area contributed by atoms with Crippen molar-refractivity contribution in [2.75, 3.05) is 13.1 Å². The summed E-state index contributed by atoms with van der Waals surface area (Å²) in [6.45, 7) is 2.15. The molecule has 1 saturated heterocycles. The van der Waals surface area contributed by atoms with Gasteiger partial charge in [-0.15, -0.1) is 0 Å². The third-order valence-corrected chi connectivity index (χ3v) is 7.37. The molecule has 4 heterocycles. The zero-order valence-corrected chi connectivity index (χ0v) is 18.7. The Morgan fingerprint density at radius 2 is 1.42 bits per heavy atom. The van der Waals surface area contributed by atoms with Gasteiger partial charge >= 0.3 is 5.97 Å². The molecule has 0 aliphatic carbocycles. The van der Waals surface area contributed by atoms with Crippen LogP contribution in [0.4, 0.5) is 0 Å². The van der Waals surface area contributed by atoms with Crippen LogP contribution in [0.15, 0.2) is 78.9 Å². The van der Waals surface area contributed by atoms with Gasteiger partial charge in [-0.3, -0.25) is 4.79 Å². The van der Waals surface area contributed by atoms with Crippen LogP contribution in [0.3, 0.4) is 0 Å². The summed E-state index contributed by atoms with van der Waals surface area (Å²) < 4.78 is 15.0. The summed E-state index contributed by atoms with van der Waals surface area (Å²) in [5.74, 6) is 1.25. The van der Waals surface area contributed by atoms with Crippen molar-refractivity contribution < 1.29 is 18.8 Å². The number of ether oxygens (including phenoxy) is 2. The Hall–Kier alpha value is -3.40. The number of nitrogens with zero attached hydrogens (tertiary/aromatic N) is 1. The summed E-state index contributed by atoms with van der Waals surface area (Å²) in [6, 6.07) is 26.2. The number of piperidine rings is 1. The molecule has 3 aromatic carbocycles. The van der Waals surface area contributed by atoms with Crippen LogP contribution in [0.5, 0.6) is 11.5 Å². The summed E-state index contributed by atoms with van der Waals surface area (Å²) >= 11 is 0. The average molecular weight is 439 g/mol. The van der Waals surface area contributed by atoms with E-state index < -0.39 is 5.92 Å². The summed E-state index contributed by atoms with van der Waals surface area (Å²) in [7, 11) is 0. The SMILES string of the molecule is O=C(OC1C(CCc2ccccc2)=[N+]2CCC1CC2)C1c2ccccc2Oc2ccccc21. The van der Waals surface area contributed by atoms with Gasteiger partial charge in [0, 0.05) is 36.3 Å². The molecule has 1 unspecified atom stereocenters. The number of carbonyl (C=O) groups excluding carboxylic acids is 1. The highest BCUT2D eigenvalue weighted by molar-refractivity contribution is 5.91. The molecule has 7 rings (SSSR count). The van der Waals surface area contributed by atoms with Crippen LogP contribution in [0.25, 0.3) is 0 Å². The van der Waals surface area contributed by atoms with Gasteiger partial charge in [0.1, 0.15) is 30.5 Å². The first kappa shape index (κ1) is 20.2. The molecular formula is C29H28NO3+. The molecule has 2 bridgehead atoms. The zero-order chi connectivity index (χ0) is 22.2. The molecule has 4 aliphatic rings. The fourth-order valence-corrected chi connectivity index (χ4v) is 5.68. The van der Waals surface area contributed by atoms with Crippen molar-refractivity contribution in [3.63, 3.8) is 0 Å². The maximum Gasteiger partial charge on any atom is 0.319 e. The third kappa shape index (κ3) is 3.74. The van der Waals surface area contributed by atoms with Crippen molar-refractivity contribution in [2.24, 2.45) is 5.92 Å². The molecule has 4 heteroatoms. The highest BCUT2D eigenvalue weighted by atomic mass is 16.5. The fourth-order valence-electron chi connectivity index (χ4n) is 5.68. The van der Waals surface area contributed by atoms with Crippen LogP contribution < -0.4 is 4.74 Å². The van der Waals surface area contributed by atoms with Crippen molar-refractivity contribution in [1.82, 2.24) is 0 Å². The van der Waals surface area contributed by atoms with Gasteiger partial charge in [0.05, 0.1) is 0 Å². The number of esters is 1. The minimum Gasteiger partial charge on any atom is -0.457 e. The summed E-state index contributed by atoms with van der Waals surface area (Å²) in [6.07, 6.45) is 3.95. The Bertz CT molecular complexity index is 1160. The number of fused-ring (bicyclic) bond motifs is 5. The molecule has 166 valence electrons. The molecular weight excluding hydrogens is 410 g/mol. The van der Waals surface area contributed by atoms with E-state index in [0.717, 1.165) is 61.4 Å². The predicted molar refractivity (Wildman–Crippen MR) is 127 cm³/mol. The highest BCUT2D eigenvalue weighted by Gasteiger charge is 2.45. The van der Waals surface area contributed by atoms with Crippen LogP contribution in [0.1, 0.15) is 41.9 Å². The lowest BCUT2D eigenvalue weighted by Crippen LogP contribution is -2.51. The second kappa shape index (κ2) is 8.51. The van der Waals surface area contributed by atoms with E-state index in [1.165, 1.54) is 11.3 Å². The van der Waals surface area contributed by atoms with E-state index in [4.69, 9.17) is 9.47 Å². The van der Waals surface area contributed by atoms with Gasteiger partial charge in [0.25, 0.3) is 0 Å². The molecule has 1 atom stereocenters. The normalized spacial score (nSPS) is 21.2. The lowest BCUT2D eigenvalue weighted by atomic mass is 9.82. The number of benzene rings is 3. The van der Waals surface area contributed by atoms with Crippen LogP contribution in [0, 0.1) is 5.92 Å². The van der Waals surface area contributed by atoms with Gasteiger partial charge in [-0.2, -0.15) is 0 Å². The van der Waals surface area contributed by atoms with Crippen LogP contribution in [-0.2, 0) is 16.0 Å². The van der Waals surface area contributed by atoms with Crippen LogP contribution in [-0.4, -0.2) is 35.4 Å². The summed E-state index contributed by atoms with van der Waals surface area (Å²) in [5.41, 5.74) is 4.38. The smallest absolute Gasteiger partial charge is 0.319 e. The van der Waals surface area contributed by atoms with Gasteiger partial charge in [0.2, 0.25) is 0 Å². The largest absolute Gasteiger partial charge is 0.457 e. The molecule has 0 saturated carbocycles. The summed E-state index contributed by atoms with van der Waals surface area (Å²) in [5, 5.41) is 0. The first-order chi connectivity index (χ1) is 16.3. The lowest BCUT2D eigenvalue weighted by molar-refractivity contribution is -0.555. The van der Waals surface area contributed by atoms with Crippen molar-refractivity contribution >= 4 is 11.7 Å². The van der Waals surface area contributed by atoms with E-state index in [2.05, 4.69) is 34.9 Å². The minimum absolute atomic E-state index is 0.133. The molecule has 4 nitrogen and oxygen atoms in total. The molecule has 0 radical (unpaired) electrons. The number of hydrogen-bond acceptors (Lipinski definition) is 3. The van der Waals surface area contributed by atoms with E-state index >= 15 is 0 Å². The fraction of sp³-hybridized carbons (Fsp3) is 0.310. The van der Waals surface area contributed by atoms with Gasteiger partial charge in [-0.1, -0.05) is 66.7 Å². The van der Waals surface area contributed by atoms with E-state index in [9.17, 15) is 4.79 Å². The van der Waals surface area contributed by atoms with Gasteiger partial charge in [-0.05, 0) is 24.1 Å². The van der Waals surface area contributed by atoms with Crippen LogP contribution >= 0.6 is 0 Å². The van der Waals surface area contributed by atoms with E-state index in [1.54, 1.807) is 0 Å². The van der Waals surface area contributed by atoms with E-state index in [1.807, 2.05) is 48.5 Å².